The summed E-state index contributed by atoms with van der Waals surface area (Å²) in [5, 5.41) is 13.0. The Labute approximate surface area is 227 Å². The quantitative estimate of drug-likeness (QED) is 0.524. The number of ether oxygens (including phenoxy) is 1. The number of nitrogens with one attached hydrogen (secondary N) is 1. The molecule has 0 unspecified atom stereocenters. The van der Waals surface area contributed by atoms with Crippen molar-refractivity contribution >= 4 is 23.8 Å². The minimum Gasteiger partial charge on any atom is -0.480 e. The number of imide groups is 1. The van der Waals surface area contributed by atoms with Crippen LogP contribution >= 0.6 is 0 Å². The van der Waals surface area contributed by atoms with Gasteiger partial charge >= 0.3 is 12.0 Å². The zero-order valence-electron chi connectivity index (χ0n) is 21.8. The molecule has 2 N–H and O–H groups in total. The second-order valence-corrected chi connectivity index (χ2v) is 10.4. The van der Waals surface area contributed by atoms with E-state index in [1.807, 2.05) is 54.6 Å². The highest BCUT2D eigenvalue weighted by atomic mass is 16.5. The maximum absolute atomic E-state index is 13.1. The Kier molecular flexibility index (Phi) is 8.11. The summed E-state index contributed by atoms with van der Waals surface area (Å²) in [5.74, 6) is -0.531. The molecule has 206 valence electrons. The minimum atomic E-state index is -1.14. The monoisotopic (exact) mass is 534 g/mol. The molecule has 0 saturated carbocycles. The molecule has 2 aromatic rings. The smallest absolute Gasteiger partial charge is 0.327 e. The lowest BCUT2D eigenvalue weighted by Gasteiger charge is -2.47. The molecule has 0 aromatic heterocycles. The fourth-order valence-corrected chi connectivity index (χ4v) is 5.64. The third-order valence-corrected chi connectivity index (χ3v) is 7.88. The molecule has 3 fully saturated rings. The normalized spacial score (nSPS) is 21.8. The number of carbonyl (C=O) groups excluding carboxylic acids is 3. The predicted molar refractivity (Wildman–Crippen MR) is 142 cm³/mol. The molecule has 2 atom stereocenters. The zero-order chi connectivity index (χ0) is 27.4. The summed E-state index contributed by atoms with van der Waals surface area (Å²) < 4.78 is 5.80. The lowest BCUT2D eigenvalue weighted by Crippen LogP contribution is -2.69. The molecule has 0 radical (unpaired) electrons. The van der Waals surface area contributed by atoms with Crippen molar-refractivity contribution in [2.75, 3.05) is 39.3 Å². The first-order valence-corrected chi connectivity index (χ1v) is 13.6. The van der Waals surface area contributed by atoms with E-state index in [0.29, 0.717) is 31.2 Å². The molecule has 10 nitrogen and oxygen atoms in total. The first-order chi connectivity index (χ1) is 18.9. The molecular formula is C29H34N4O6. The average Bonchev–Trinajstić information content (AvgIpc) is 2.96. The first kappa shape index (κ1) is 26.7. The maximum Gasteiger partial charge on any atom is 0.327 e. The van der Waals surface area contributed by atoms with Gasteiger partial charge in [0.1, 0.15) is 11.5 Å². The van der Waals surface area contributed by atoms with Crippen LogP contribution in [0.5, 0.6) is 11.5 Å². The average molecular weight is 535 g/mol. The van der Waals surface area contributed by atoms with Crippen molar-refractivity contribution in [2.24, 2.45) is 11.8 Å². The number of aliphatic carboxylic acids is 1. The van der Waals surface area contributed by atoms with Crippen molar-refractivity contribution in [1.29, 1.82) is 0 Å². The highest BCUT2D eigenvalue weighted by Crippen LogP contribution is 2.35. The SMILES string of the molecule is O=C(O)[C@@H]1[C@@H](CC2CCNCC2)C(=O)N1C(=O)N1CCN(C(=O)Cc2ccc(Oc3ccccc3)cc2)CC1. The number of urea groups is 1. The molecular weight excluding hydrogens is 500 g/mol. The third-order valence-electron chi connectivity index (χ3n) is 7.88. The van der Waals surface area contributed by atoms with Crippen molar-refractivity contribution in [3.05, 3.63) is 60.2 Å². The van der Waals surface area contributed by atoms with Gasteiger partial charge in [-0.1, -0.05) is 30.3 Å². The molecule has 0 bridgehead atoms. The van der Waals surface area contributed by atoms with Crippen LogP contribution in [0, 0.1) is 11.8 Å². The fraction of sp³-hybridized carbons (Fsp3) is 0.448. The number of benzene rings is 2. The Morgan fingerprint density at radius 1 is 0.872 bits per heavy atom. The van der Waals surface area contributed by atoms with Crippen LogP contribution < -0.4 is 10.1 Å². The number of β-lactam (4-membered cyclic amide) rings is 1. The van der Waals surface area contributed by atoms with Crippen molar-refractivity contribution < 1.29 is 29.0 Å². The minimum absolute atomic E-state index is 0.0516. The van der Waals surface area contributed by atoms with E-state index >= 15 is 0 Å². The van der Waals surface area contributed by atoms with Gasteiger partial charge in [-0.2, -0.15) is 0 Å². The number of likely N-dealkylation sites (tertiary alicyclic amines) is 1. The third kappa shape index (κ3) is 6.06. The number of para-hydroxylation sites is 1. The van der Waals surface area contributed by atoms with Crippen LogP contribution in [0.1, 0.15) is 24.8 Å². The molecule has 3 saturated heterocycles. The molecule has 3 heterocycles. The first-order valence-electron chi connectivity index (χ1n) is 13.6. The number of carbonyl (C=O) groups is 4. The highest BCUT2D eigenvalue weighted by molar-refractivity contribution is 6.07. The summed E-state index contributed by atoms with van der Waals surface area (Å²) in [6.07, 6.45) is 2.55. The van der Waals surface area contributed by atoms with Gasteiger partial charge in [0.2, 0.25) is 11.8 Å². The molecule has 2 aromatic carbocycles. The van der Waals surface area contributed by atoms with E-state index in [1.54, 1.807) is 4.90 Å². The van der Waals surface area contributed by atoms with Crippen LogP contribution in [0.15, 0.2) is 54.6 Å². The van der Waals surface area contributed by atoms with Gasteiger partial charge in [0, 0.05) is 26.2 Å². The van der Waals surface area contributed by atoms with Gasteiger partial charge in [-0.3, -0.25) is 9.59 Å². The topological polar surface area (TPSA) is 119 Å². The van der Waals surface area contributed by atoms with Gasteiger partial charge in [0.25, 0.3) is 0 Å². The number of piperazine rings is 1. The van der Waals surface area contributed by atoms with E-state index in [-0.39, 0.29) is 25.4 Å². The maximum atomic E-state index is 13.1. The van der Waals surface area contributed by atoms with E-state index in [0.717, 1.165) is 42.1 Å². The molecule has 4 amide bonds. The summed E-state index contributed by atoms with van der Waals surface area (Å²) in [4.78, 5) is 54.9. The molecule has 3 aliphatic rings. The lowest BCUT2D eigenvalue weighted by atomic mass is 9.78. The Bertz CT molecular complexity index is 1190. The molecule has 39 heavy (non-hydrogen) atoms. The van der Waals surface area contributed by atoms with E-state index in [4.69, 9.17) is 4.74 Å². The fourth-order valence-electron chi connectivity index (χ4n) is 5.64. The van der Waals surface area contributed by atoms with E-state index in [2.05, 4.69) is 5.32 Å². The van der Waals surface area contributed by atoms with Crippen LogP contribution in [-0.4, -0.2) is 88.9 Å². The van der Waals surface area contributed by atoms with Crippen molar-refractivity contribution in [3.63, 3.8) is 0 Å². The van der Waals surface area contributed by atoms with Crippen LogP contribution in [0.2, 0.25) is 0 Å². The van der Waals surface area contributed by atoms with Crippen molar-refractivity contribution in [3.8, 4) is 11.5 Å². The zero-order valence-corrected chi connectivity index (χ0v) is 21.8. The van der Waals surface area contributed by atoms with Crippen molar-refractivity contribution in [2.45, 2.75) is 31.7 Å². The Balaban J connectivity index is 1.11. The van der Waals surface area contributed by atoms with Gasteiger partial charge in [-0.25, -0.2) is 14.5 Å². The lowest BCUT2D eigenvalue weighted by molar-refractivity contribution is -0.167. The van der Waals surface area contributed by atoms with Gasteiger partial charge < -0.3 is 25.0 Å². The largest absolute Gasteiger partial charge is 0.480 e. The number of carboxylic acids is 1. The van der Waals surface area contributed by atoms with E-state index in [9.17, 15) is 24.3 Å². The Morgan fingerprint density at radius 2 is 1.49 bits per heavy atom. The summed E-state index contributed by atoms with van der Waals surface area (Å²) in [6, 6.07) is 15.1. The van der Waals surface area contributed by atoms with Crippen LogP contribution in [-0.2, 0) is 20.8 Å². The summed E-state index contributed by atoms with van der Waals surface area (Å²) in [5.41, 5.74) is 0.856. The number of hydrogen-bond donors (Lipinski definition) is 2. The van der Waals surface area contributed by atoms with Gasteiger partial charge in [-0.15, -0.1) is 0 Å². The molecule has 5 rings (SSSR count). The standard InChI is InChI=1S/C29H34N4O6/c34-25(19-20-6-8-23(9-7-20)39-22-4-2-1-3-5-22)31-14-16-32(17-15-31)29(38)33-26(28(36)37)24(27(33)35)18-21-10-12-30-13-11-21/h1-9,21,24,26,30H,10-19H2,(H,36,37)/t24-,26+/m1/s1. The molecule has 0 aliphatic carbocycles. The van der Waals surface area contributed by atoms with Gasteiger partial charge in [-0.05, 0) is 68.1 Å². The van der Waals surface area contributed by atoms with Gasteiger partial charge in [0.05, 0.1) is 12.3 Å². The molecule has 3 aliphatic heterocycles. The Morgan fingerprint density at radius 3 is 2.13 bits per heavy atom. The second-order valence-electron chi connectivity index (χ2n) is 10.4. The van der Waals surface area contributed by atoms with Crippen LogP contribution in [0.4, 0.5) is 4.79 Å². The number of piperidine rings is 1. The molecule has 10 heteroatoms. The van der Waals surface area contributed by atoms with Crippen LogP contribution in [0.3, 0.4) is 0 Å². The predicted octanol–water partition coefficient (Wildman–Crippen LogP) is 2.59. The Hall–Kier alpha value is -3.92. The summed E-state index contributed by atoms with van der Waals surface area (Å²) >= 11 is 0. The summed E-state index contributed by atoms with van der Waals surface area (Å²) in [7, 11) is 0. The summed E-state index contributed by atoms with van der Waals surface area (Å²) in [6.45, 7) is 2.90. The number of hydrogen-bond acceptors (Lipinski definition) is 6. The number of carboxylic acid groups (broad SMARTS) is 1. The van der Waals surface area contributed by atoms with Gasteiger partial charge in [0.15, 0.2) is 6.04 Å². The number of rotatable bonds is 7. The highest BCUT2D eigenvalue weighted by Gasteiger charge is 2.56. The van der Waals surface area contributed by atoms with E-state index < -0.39 is 29.9 Å². The molecule has 0 spiro atoms. The number of amides is 4. The number of nitrogens with zero attached hydrogens (tertiary/aromatic N) is 3. The van der Waals surface area contributed by atoms with E-state index in [1.165, 1.54) is 4.90 Å². The second kappa shape index (κ2) is 11.9. The van der Waals surface area contributed by atoms with Crippen LogP contribution in [0.25, 0.3) is 0 Å². The van der Waals surface area contributed by atoms with Crippen molar-refractivity contribution in [1.82, 2.24) is 20.0 Å².